The molecule has 2 heteroatoms. The number of nitrogens with one attached hydrogen (secondary N) is 1. The van der Waals surface area contributed by atoms with E-state index in [1.807, 2.05) is 17.4 Å². The summed E-state index contributed by atoms with van der Waals surface area (Å²) in [5, 5.41) is 3.55. The number of hydrogen-bond donors (Lipinski definition) is 1. The molecule has 1 unspecified atom stereocenters. The Morgan fingerprint density at radius 3 is 2.80 bits per heavy atom. The van der Waals surface area contributed by atoms with Crippen molar-refractivity contribution in [3.05, 3.63) is 34.0 Å². The SMILES string of the molecule is C=CCCCNC(C)c1cc(C)sc1C. The molecule has 0 aliphatic rings. The number of allylic oxidation sites excluding steroid dienone is 1. The highest BCUT2D eigenvalue weighted by molar-refractivity contribution is 7.12. The van der Waals surface area contributed by atoms with E-state index in [4.69, 9.17) is 0 Å². The molecule has 0 aliphatic carbocycles. The topological polar surface area (TPSA) is 12.0 Å². The summed E-state index contributed by atoms with van der Waals surface area (Å²) >= 11 is 1.89. The zero-order valence-corrected chi connectivity index (χ0v) is 10.8. The third-order valence-corrected chi connectivity index (χ3v) is 3.56. The van der Waals surface area contributed by atoms with Crippen molar-refractivity contribution in [2.75, 3.05) is 6.54 Å². The van der Waals surface area contributed by atoms with Gasteiger partial charge in [0.1, 0.15) is 0 Å². The summed E-state index contributed by atoms with van der Waals surface area (Å²) < 4.78 is 0. The minimum absolute atomic E-state index is 0.472. The number of hydrogen-bond acceptors (Lipinski definition) is 2. The van der Waals surface area contributed by atoms with E-state index in [1.165, 1.54) is 21.7 Å². The standard InChI is InChI=1S/C13H21NS/c1-5-6-7-8-14-11(3)13-9-10(2)15-12(13)4/h5,9,11,14H,1,6-8H2,2-4H3. The van der Waals surface area contributed by atoms with Gasteiger partial charge in [0.15, 0.2) is 0 Å². The van der Waals surface area contributed by atoms with Crippen LogP contribution in [0.25, 0.3) is 0 Å². The van der Waals surface area contributed by atoms with Crippen molar-refractivity contribution >= 4 is 11.3 Å². The first-order valence-electron chi connectivity index (χ1n) is 5.56. The number of thiophene rings is 1. The van der Waals surface area contributed by atoms with Gasteiger partial charge in [-0.15, -0.1) is 17.9 Å². The first-order valence-corrected chi connectivity index (χ1v) is 6.38. The van der Waals surface area contributed by atoms with E-state index in [-0.39, 0.29) is 0 Å². The molecular formula is C13H21NS. The molecule has 0 saturated carbocycles. The van der Waals surface area contributed by atoms with Crippen molar-refractivity contribution in [2.24, 2.45) is 0 Å². The van der Waals surface area contributed by atoms with Gasteiger partial charge in [-0.2, -0.15) is 0 Å². The van der Waals surface area contributed by atoms with Gasteiger partial charge in [0.05, 0.1) is 0 Å². The van der Waals surface area contributed by atoms with Crippen LogP contribution in [0.3, 0.4) is 0 Å². The molecule has 0 aromatic carbocycles. The number of aryl methyl sites for hydroxylation is 2. The molecule has 0 radical (unpaired) electrons. The van der Waals surface area contributed by atoms with Gasteiger partial charge in [-0.05, 0) is 51.8 Å². The first kappa shape index (κ1) is 12.5. The van der Waals surface area contributed by atoms with Crippen LogP contribution in [0.2, 0.25) is 0 Å². The fraction of sp³-hybridized carbons (Fsp3) is 0.538. The van der Waals surface area contributed by atoms with Gasteiger partial charge in [0.25, 0.3) is 0 Å². The van der Waals surface area contributed by atoms with Gasteiger partial charge in [0, 0.05) is 15.8 Å². The summed E-state index contributed by atoms with van der Waals surface area (Å²) in [5.74, 6) is 0. The van der Waals surface area contributed by atoms with Gasteiger partial charge in [-0.1, -0.05) is 6.08 Å². The van der Waals surface area contributed by atoms with Crippen LogP contribution in [0.5, 0.6) is 0 Å². The third kappa shape index (κ3) is 3.80. The second-order valence-corrected chi connectivity index (χ2v) is 5.44. The predicted molar refractivity (Wildman–Crippen MR) is 69.6 cm³/mol. The van der Waals surface area contributed by atoms with Crippen molar-refractivity contribution in [2.45, 2.75) is 39.7 Å². The van der Waals surface area contributed by atoms with E-state index in [2.05, 4.69) is 38.7 Å². The molecule has 1 rings (SSSR count). The van der Waals surface area contributed by atoms with E-state index in [1.54, 1.807) is 0 Å². The summed E-state index contributed by atoms with van der Waals surface area (Å²) in [4.78, 5) is 2.85. The molecule has 0 fully saturated rings. The maximum absolute atomic E-state index is 3.73. The van der Waals surface area contributed by atoms with Crippen molar-refractivity contribution in [1.29, 1.82) is 0 Å². The van der Waals surface area contributed by atoms with Crippen LogP contribution in [-0.2, 0) is 0 Å². The predicted octanol–water partition coefficient (Wildman–Crippen LogP) is 3.98. The second kappa shape index (κ2) is 6.09. The van der Waals surface area contributed by atoms with Crippen LogP contribution in [0, 0.1) is 13.8 Å². The van der Waals surface area contributed by atoms with E-state index in [9.17, 15) is 0 Å². The van der Waals surface area contributed by atoms with E-state index >= 15 is 0 Å². The van der Waals surface area contributed by atoms with E-state index < -0.39 is 0 Å². The molecule has 1 atom stereocenters. The van der Waals surface area contributed by atoms with Gasteiger partial charge >= 0.3 is 0 Å². The third-order valence-electron chi connectivity index (χ3n) is 2.58. The Morgan fingerprint density at radius 1 is 1.53 bits per heavy atom. The highest BCUT2D eigenvalue weighted by Gasteiger charge is 2.09. The summed E-state index contributed by atoms with van der Waals surface area (Å²) in [7, 11) is 0. The minimum atomic E-state index is 0.472. The quantitative estimate of drug-likeness (QED) is 0.568. The Morgan fingerprint density at radius 2 is 2.27 bits per heavy atom. The van der Waals surface area contributed by atoms with Crippen molar-refractivity contribution in [3.8, 4) is 0 Å². The maximum atomic E-state index is 3.73. The van der Waals surface area contributed by atoms with Crippen molar-refractivity contribution < 1.29 is 0 Å². The van der Waals surface area contributed by atoms with Crippen LogP contribution in [-0.4, -0.2) is 6.54 Å². The fourth-order valence-corrected chi connectivity index (χ4v) is 2.78. The van der Waals surface area contributed by atoms with Crippen LogP contribution >= 0.6 is 11.3 Å². The molecule has 0 bridgehead atoms. The lowest BCUT2D eigenvalue weighted by Gasteiger charge is -2.13. The minimum Gasteiger partial charge on any atom is -0.310 e. The molecule has 0 aliphatic heterocycles. The highest BCUT2D eigenvalue weighted by Crippen LogP contribution is 2.25. The van der Waals surface area contributed by atoms with Crippen LogP contribution in [0.15, 0.2) is 18.7 Å². The average molecular weight is 223 g/mol. The lowest BCUT2D eigenvalue weighted by molar-refractivity contribution is 0.560. The Bertz CT molecular complexity index is 314. The Hall–Kier alpha value is -0.600. The van der Waals surface area contributed by atoms with Crippen LogP contribution < -0.4 is 5.32 Å². The lowest BCUT2D eigenvalue weighted by atomic mass is 10.1. The summed E-state index contributed by atoms with van der Waals surface area (Å²) in [5.41, 5.74) is 1.45. The molecule has 0 amide bonds. The largest absolute Gasteiger partial charge is 0.310 e. The molecule has 84 valence electrons. The molecule has 1 N–H and O–H groups in total. The van der Waals surface area contributed by atoms with E-state index in [0.29, 0.717) is 6.04 Å². The molecule has 1 heterocycles. The first-order chi connectivity index (χ1) is 7.15. The highest BCUT2D eigenvalue weighted by atomic mass is 32.1. The van der Waals surface area contributed by atoms with Crippen molar-refractivity contribution in [1.82, 2.24) is 5.32 Å². The van der Waals surface area contributed by atoms with Gasteiger partial charge in [-0.3, -0.25) is 0 Å². The Kier molecular flexibility index (Phi) is 5.06. The zero-order chi connectivity index (χ0) is 11.3. The second-order valence-electron chi connectivity index (χ2n) is 3.98. The summed E-state index contributed by atoms with van der Waals surface area (Å²) in [6.45, 7) is 11.4. The maximum Gasteiger partial charge on any atom is 0.0302 e. The molecule has 1 nitrogen and oxygen atoms in total. The number of unbranched alkanes of at least 4 members (excludes halogenated alkanes) is 1. The fourth-order valence-electron chi connectivity index (χ4n) is 1.76. The zero-order valence-electron chi connectivity index (χ0n) is 9.97. The molecule has 0 spiro atoms. The van der Waals surface area contributed by atoms with E-state index in [0.717, 1.165) is 13.0 Å². The monoisotopic (exact) mass is 223 g/mol. The van der Waals surface area contributed by atoms with Crippen LogP contribution in [0.1, 0.15) is 41.1 Å². The molecular weight excluding hydrogens is 202 g/mol. The Balaban J connectivity index is 2.42. The summed E-state index contributed by atoms with van der Waals surface area (Å²) in [6.07, 6.45) is 4.25. The number of rotatable bonds is 6. The van der Waals surface area contributed by atoms with Crippen LogP contribution in [0.4, 0.5) is 0 Å². The smallest absolute Gasteiger partial charge is 0.0302 e. The average Bonchev–Trinajstić information content (AvgIpc) is 2.52. The van der Waals surface area contributed by atoms with Gasteiger partial charge in [0.2, 0.25) is 0 Å². The Labute approximate surface area is 97.2 Å². The molecule has 1 aromatic heterocycles. The normalized spacial score (nSPS) is 12.7. The molecule has 0 saturated heterocycles. The van der Waals surface area contributed by atoms with Gasteiger partial charge in [-0.25, -0.2) is 0 Å². The lowest BCUT2D eigenvalue weighted by Crippen LogP contribution is -2.19. The summed E-state index contributed by atoms with van der Waals surface area (Å²) in [6, 6.07) is 2.77. The van der Waals surface area contributed by atoms with Crippen molar-refractivity contribution in [3.63, 3.8) is 0 Å². The molecule has 15 heavy (non-hydrogen) atoms. The molecule has 1 aromatic rings. The van der Waals surface area contributed by atoms with Gasteiger partial charge < -0.3 is 5.32 Å².